The Morgan fingerprint density at radius 2 is 2.00 bits per heavy atom. The third-order valence-corrected chi connectivity index (χ3v) is 2.42. The summed E-state index contributed by atoms with van der Waals surface area (Å²) in [4.78, 5) is 14.2. The van der Waals surface area contributed by atoms with Crippen molar-refractivity contribution in [1.29, 1.82) is 0 Å². The largest absolute Gasteiger partial charge is 0.389 e. The minimum absolute atomic E-state index is 0.0275. The van der Waals surface area contributed by atoms with Gasteiger partial charge >= 0.3 is 0 Å². The second-order valence-corrected chi connectivity index (χ2v) is 4.88. The first-order valence-electron chi connectivity index (χ1n) is 5.72. The minimum atomic E-state index is -0.875. The van der Waals surface area contributed by atoms with Gasteiger partial charge in [-0.2, -0.15) is 5.10 Å². The van der Waals surface area contributed by atoms with Gasteiger partial charge in [-0.05, 0) is 26.0 Å². The molecule has 0 radical (unpaired) electrons. The Hall–Kier alpha value is -2.28. The Bertz CT molecular complexity index is 584. The molecular formula is C12H14N4O3. The number of hydrogen-bond acceptors (Lipinski definition) is 5. The first kappa shape index (κ1) is 13.2. The van der Waals surface area contributed by atoms with Crippen LogP contribution in [0.1, 0.15) is 13.8 Å². The first-order valence-corrected chi connectivity index (χ1v) is 5.72. The van der Waals surface area contributed by atoms with Crippen LogP contribution >= 0.6 is 0 Å². The van der Waals surface area contributed by atoms with E-state index in [0.29, 0.717) is 17.9 Å². The van der Waals surface area contributed by atoms with E-state index in [9.17, 15) is 15.2 Å². The molecule has 0 unspecified atom stereocenters. The number of rotatable bonds is 4. The lowest BCUT2D eigenvalue weighted by Gasteiger charge is -2.15. The highest BCUT2D eigenvalue weighted by atomic mass is 16.6. The number of aliphatic hydroxyl groups is 1. The van der Waals surface area contributed by atoms with E-state index in [1.165, 1.54) is 23.1 Å². The summed E-state index contributed by atoms with van der Waals surface area (Å²) in [5.74, 6) is 0.471. The fraction of sp³-hybridized carbons (Fsp3) is 0.333. The number of benzene rings is 1. The molecule has 0 aliphatic carbocycles. The molecule has 1 aromatic carbocycles. The van der Waals surface area contributed by atoms with Gasteiger partial charge in [0.2, 0.25) is 0 Å². The highest BCUT2D eigenvalue weighted by Gasteiger charge is 2.15. The zero-order valence-electron chi connectivity index (χ0n) is 10.6. The zero-order valence-corrected chi connectivity index (χ0v) is 10.6. The first-order chi connectivity index (χ1) is 8.85. The normalized spacial score (nSPS) is 11.5. The molecule has 0 aliphatic heterocycles. The maximum absolute atomic E-state index is 10.6. The van der Waals surface area contributed by atoms with Gasteiger partial charge in [0.05, 0.1) is 17.1 Å². The molecule has 0 saturated carbocycles. The van der Waals surface area contributed by atoms with Gasteiger partial charge in [-0.15, -0.1) is 0 Å². The SMILES string of the molecule is CC(C)(O)Cn1cnc(-c2ccc([N+](=O)[O-])cc2)n1. The summed E-state index contributed by atoms with van der Waals surface area (Å²) in [6.07, 6.45) is 1.52. The molecule has 100 valence electrons. The number of nitro groups is 1. The summed E-state index contributed by atoms with van der Waals surface area (Å²) in [5.41, 5.74) is -0.153. The van der Waals surface area contributed by atoms with Crippen molar-refractivity contribution in [3.05, 3.63) is 40.7 Å². The fourth-order valence-electron chi connectivity index (χ4n) is 1.63. The van der Waals surface area contributed by atoms with Crippen LogP contribution in [0.4, 0.5) is 5.69 Å². The van der Waals surface area contributed by atoms with E-state index in [-0.39, 0.29) is 5.69 Å². The predicted octanol–water partition coefficient (Wildman–Crippen LogP) is 1.62. The summed E-state index contributed by atoms with van der Waals surface area (Å²) in [5, 5.41) is 24.5. The molecule has 0 spiro atoms. The predicted molar refractivity (Wildman–Crippen MR) is 68.4 cm³/mol. The van der Waals surface area contributed by atoms with Crippen LogP contribution in [0.5, 0.6) is 0 Å². The van der Waals surface area contributed by atoms with E-state index < -0.39 is 10.5 Å². The molecule has 2 aromatic rings. The number of nitro benzene ring substituents is 1. The molecule has 0 aliphatic rings. The molecule has 0 amide bonds. The topological polar surface area (TPSA) is 94.1 Å². The molecule has 19 heavy (non-hydrogen) atoms. The maximum Gasteiger partial charge on any atom is 0.269 e. The summed E-state index contributed by atoms with van der Waals surface area (Å²) >= 11 is 0. The van der Waals surface area contributed by atoms with Crippen molar-refractivity contribution < 1.29 is 10.0 Å². The Balaban J connectivity index is 2.20. The quantitative estimate of drug-likeness (QED) is 0.667. The van der Waals surface area contributed by atoms with Gasteiger partial charge in [-0.25, -0.2) is 9.67 Å². The van der Waals surface area contributed by atoms with Gasteiger partial charge in [-0.1, -0.05) is 0 Å². The van der Waals surface area contributed by atoms with E-state index in [1.54, 1.807) is 26.0 Å². The number of non-ortho nitro benzene ring substituents is 1. The monoisotopic (exact) mass is 262 g/mol. The lowest BCUT2D eigenvalue weighted by molar-refractivity contribution is -0.384. The molecule has 7 heteroatoms. The van der Waals surface area contributed by atoms with E-state index in [0.717, 1.165) is 0 Å². The summed E-state index contributed by atoms with van der Waals surface area (Å²) in [6.45, 7) is 3.69. The van der Waals surface area contributed by atoms with E-state index in [1.807, 2.05) is 0 Å². The van der Waals surface area contributed by atoms with Crippen molar-refractivity contribution in [1.82, 2.24) is 14.8 Å². The van der Waals surface area contributed by atoms with Gasteiger partial charge in [0.25, 0.3) is 5.69 Å². The molecule has 0 fully saturated rings. The molecule has 1 N–H and O–H groups in total. The van der Waals surface area contributed by atoms with Gasteiger partial charge in [-0.3, -0.25) is 10.1 Å². The smallest absolute Gasteiger partial charge is 0.269 e. The fourth-order valence-corrected chi connectivity index (χ4v) is 1.63. The van der Waals surface area contributed by atoms with E-state index in [2.05, 4.69) is 10.1 Å². The molecular weight excluding hydrogens is 248 g/mol. The third-order valence-electron chi connectivity index (χ3n) is 2.42. The Kier molecular flexibility index (Phi) is 3.30. The van der Waals surface area contributed by atoms with Gasteiger partial charge in [0.1, 0.15) is 6.33 Å². The lowest BCUT2D eigenvalue weighted by Crippen LogP contribution is -2.26. The van der Waals surface area contributed by atoms with Gasteiger partial charge in [0.15, 0.2) is 5.82 Å². The van der Waals surface area contributed by atoms with Crippen molar-refractivity contribution in [3.63, 3.8) is 0 Å². The third kappa shape index (κ3) is 3.35. The molecule has 7 nitrogen and oxygen atoms in total. The summed E-state index contributed by atoms with van der Waals surface area (Å²) in [6, 6.07) is 6.02. The second-order valence-electron chi connectivity index (χ2n) is 4.88. The minimum Gasteiger partial charge on any atom is -0.389 e. The van der Waals surface area contributed by atoms with Crippen LogP contribution in [-0.2, 0) is 6.54 Å². The van der Waals surface area contributed by atoms with E-state index >= 15 is 0 Å². The number of hydrogen-bond donors (Lipinski definition) is 1. The second kappa shape index (κ2) is 4.77. The van der Waals surface area contributed by atoms with Gasteiger partial charge < -0.3 is 5.11 Å². The van der Waals surface area contributed by atoms with Crippen LogP contribution in [0.25, 0.3) is 11.4 Å². The van der Waals surface area contributed by atoms with Crippen LogP contribution in [0.3, 0.4) is 0 Å². The van der Waals surface area contributed by atoms with Crippen LogP contribution in [-0.4, -0.2) is 30.4 Å². The molecule has 2 rings (SSSR count). The van der Waals surface area contributed by atoms with Crippen LogP contribution in [0.2, 0.25) is 0 Å². The zero-order chi connectivity index (χ0) is 14.0. The number of aromatic nitrogens is 3. The van der Waals surface area contributed by atoms with Crippen molar-refractivity contribution in [2.45, 2.75) is 26.0 Å². The summed E-state index contributed by atoms with van der Waals surface area (Å²) in [7, 11) is 0. The molecule has 0 atom stereocenters. The molecule has 0 saturated heterocycles. The van der Waals surface area contributed by atoms with Crippen LogP contribution < -0.4 is 0 Å². The van der Waals surface area contributed by atoms with Crippen molar-refractivity contribution in [3.8, 4) is 11.4 Å². The maximum atomic E-state index is 10.6. The Labute approximate surface area is 109 Å². The molecule has 1 aromatic heterocycles. The van der Waals surface area contributed by atoms with Crippen LogP contribution in [0.15, 0.2) is 30.6 Å². The molecule has 1 heterocycles. The Morgan fingerprint density at radius 3 is 2.53 bits per heavy atom. The highest BCUT2D eigenvalue weighted by molar-refractivity contribution is 5.56. The van der Waals surface area contributed by atoms with Crippen molar-refractivity contribution >= 4 is 5.69 Å². The standard InChI is InChI=1S/C12H14N4O3/c1-12(2,17)7-15-8-13-11(14-15)9-3-5-10(6-4-9)16(18)19/h3-6,8,17H,7H2,1-2H3. The number of nitrogens with zero attached hydrogens (tertiary/aromatic N) is 4. The van der Waals surface area contributed by atoms with Crippen molar-refractivity contribution in [2.24, 2.45) is 0 Å². The average Bonchev–Trinajstić information content (AvgIpc) is 2.75. The van der Waals surface area contributed by atoms with Gasteiger partial charge in [0, 0.05) is 17.7 Å². The molecule has 0 bridgehead atoms. The summed E-state index contributed by atoms with van der Waals surface area (Å²) < 4.78 is 1.54. The van der Waals surface area contributed by atoms with E-state index in [4.69, 9.17) is 0 Å². The highest BCUT2D eigenvalue weighted by Crippen LogP contribution is 2.19. The Morgan fingerprint density at radius 1 is 1.37 bits per heavy atom. The average molecular weight is 262 g/mol. The van der Waals surface area contributed by atoms with Crippen LogP contribution in [0, 0.1) is 10.1 Å². The lowest BCUT2D eigenvalue weighted by atomic mass is 10.1. The van der Waals surface area contributed by atoms with Crippen molar-refractivity contribution in [2.75, 3.05) is 0 Å².